The fourth-order valence-electron chi connectivity index (χ4n) is 4.47. The summed E-state index contributed by atoms with van der Waals surface area (Å²) in [5.41, 5.74) is 0.985. The predicted molar refractivity (Wildman–Crippen MR) is 62.9 cm³/mol. The first-order valence-corrected chi connectivity index (χ1v) is 6.96. The quantitative estimate of drug-likeness (QED) is 0.596. The van der Waals surface area contributed by atoms with Gasteiger partial charge in [-0.2, -0.15) is 0 Å². The third-order valence-electron chi connectivity index (χ3n) is 5.02. The molecule has 1 nitrogen and oxygen atoms in total. The maximum absolute atomic E-state index is 5.04. The van der Waals surface area contributed by atoms with E-state index in [1.165, 1.54) is 30.7 Å². The van der Waals surface area contributed by atoms with Gasteiger partial charge < -0.3 is 0 Å². The molecule has 78 valence electrons. The smallest absolute Gasteiger partial charge is 0.0688 e. The summed E-state index contributed by atoms with van der Waals surface area (Å²) in [5, 5.41) is 1.42. The van der Waals surface area contributed by atoms with Gasteiger partial charge in [0, 0.05) is 6.42 Å². The van der Waals surface area contributed by atoms with Gasteiger partial charge in [0.1, 0.15) is 0 Å². The van der Waals surface area contributed by atoms with Crippen LogP contribution in [-0.2, 0) is 0 Å². The van der Waals surface area contributed by atoms with Crippen molar-refractivity contribution in [2.24, 2.45) is 22.2 Å². The van der Waals surface area contributed by atoms with E-state index in [0.29, 0.717) is 11.0 Å². The highest BCUT2D eigenvalue weighted by Gasteiger charge is 2.69. The van der Waals surface area contributed by atoms with Crippen molar-refractivity contribution in [1.29, 1.82) is 0 Å². The average molecular weight is 209 g/mol. The molecule has 2 aliphatic carbocycles. The van der Waals surface area contributed by atoms with Crippen LogP contribution in [0.2, 0.25) is 0 Å². The molecular formula is C12H19NS. The average Bonchev–Trinajstić information content (AvgIpc) is 2.70. The van der Waals surface area contributed by atoms with Crippen LogP contribution in [0.25, 0.3) is 0 Å². The van der Waals surface area contributed by atoms with Gasteiger partial charge in [-0.3, -0.25) is 4.99 Å². The van der Waals surface area contributed by atoms with Crippen LogP contribution in [0, 0.1) is 17.3 Å². The Balaban J connectivity index is 1.99. The summed E-state index contributed by atoms with van der Waals surface area (Å²) in [6, 6.07) is 0. The highest BCUT2D eigenvalue weighted by molar-refractivity contribution is 8.13. The van der Waals surface area contributed by atoms with Crippen LogP contribution < -0.4 is 0 Å². The third-order valence-corrected chi connectivity index (χ3v) is 5.75. The van der Waals surface area contributed by atoms with Crippen molar-refractivity contribution in [3.63, 3.8) is 0 Å². The Bertz CT molecular complexity index is 307. The minimum atomic E-state index is 0.418. The lowest BCUT2D eigenvalue weighted by Gasteiger charge is -2.60. The third kappa shape index (κ3) is 0.827. The van der Waals surface area contributed by atoms with Gasteiger partial charge in [-0.1, -0.05) is 20.3 Å². The van der Waals surface area contributed by atoms with Crippen LogP contribution in [0.15, 0.2) is 4.99 Å². The molecule has 0 aromatic rings. The lowest BCUT2D eigenvalue weighted by atomic mass is 9.45. The van der Waals surface area contributed by atoms with Crippen LogP contribution >= 0.6 is 11.8 Å². The molecule has 1 spiro atoms. The molecule has 2 saturated carbocycles. The molecule has 3 rings (SSSR count). The fourth-order valence-corrected chi connectivity index (χ4v) is 5.07. The number of rotatable bonds is 0. The molecule has 0 radical (unpaired) electrons. The first-order chi connectivity index (χ1) is 6.61. The topological polar surface area (TPSA) is 12.4 Å². The van der Waals surface area contributed by atoms with Gasteiger partial charge in [-0.25, -0.2) is 0 Å². The molecule has 0 saturated heterocycles. The van der Waals surface area contributed by atoms with Crippen LogP contribution in [-0.4, -0.2) is 16.8 Å². The van der Waals surface area contributed by atoms with E-state index in [0.717, 1.165) is 11.8 Å². The van der Waals surface area contributed by atoms with E-state index >= 15 is 0 Å². The maximum Gasteiger partial charge on any atom is 0.0688 e. The van der Waals surface area contributed by atoms with Gasteiger partial charge in [-0.15, -0.1) is 11.8 Å². The molecule has 1 heterocycles. The van der Waals surface area contributed by atoms with Crippen molar-refractivity contribution in [3.8, 4) is 0 Å². The van der Waals surface area contributed by atoms with Crippen molar-refractivity contribution in [2.45, 2.75) is 45.1 Å². The summed E-state index contributed by atoms with van der Waals surface area (Å²) in [4.78, 5) is 5.04. The molecule has 3 aliphatic rings. The summed E-state index contributed by atoms with van der Waals surface area (Å²) < 4.78 is 0. The second-order valence-electron chi connectivity index (χ2n) is 5.72. The largest absolute Gasteiger partial charge is 0.276 e. The van der Waals surface area contributed by atoms with Crippen LogP contribution in [0.4, 0.5) is 0 Å². The zero-order chi connectivity index (χ0) is 9.97. The summed E-state index contributed by atoms with van der Waals surface area (Å²) in [5.74, 6) is 1.76. The van der Waals surface area contributed by atoms with Gasteiger partial charge in [0.05, 0.1) is 10.6 Å². The SMILES string of the molecule is CSC1=N[C@]23CCC[C@@H]2C(C)(C)[C@H]3C1. The van der Waals surface area contributed by atoms with Crippen molar-refractivity contribution < 1.29 is 0 Å². The Hall–Kier alpha value is 0.0200. The number of aliphatic imine (C=N–C) groups is 1. The van der Waals surface area contributed by atoms with E-state index in [1.54, 1.807) is 0 Å². The van der Waals surface area contributed by atoms with E-state index < -0.39 is 0 Å². The lowest BCUT2D eigenvalue weighted by molar-refractivity contribution is -0.0834. The second kappa shape index (κ2) is 2.58. The van der Waals surface area contributed by atoms with Crippen LogP contribution in [0.1, 0.15) is 39.5 Å². The summed E-state index contributed by atoms with van der Waals surface area (Å²) in [6.07, 6.45) is 7.65. The van der Waals surface area contributed by atoms with Gasteiger partial charge in [0.15, 0.2) is 0 Å². The molecule has 0 unspecified atom stereocenters. The minimum absolute atomic E-state index is 0.418. The predicted octanol–water partition coefficient (Wildman–Crippen LogP) is 3.35. The van der Waals surface area contributed by atoms with Crippen molar-refractivity contribution in [1.82, 2.24) is 0 Å². The maximum atomic E-state index is 5.04. The Morgan fingerprint density at radius 1 is 1.36 bits per heavy atom. The lowest BCUT2D eigenvalue weighted by Crippen LogP contribution is -2.61. The Kier molecular flexibility index (Phi) is 1.70. The molecule has 2 heteroatoms. The van der Waals surface area contributed by atoms with E-state index in [1.807, 2.05) is 11.8 Å². The van der Waals surface area contributed by atoms with Gasteiger partial charge >= 0.3 is 0 Å². The molecule has 0 bridgehead atoms. The first-order valence-electron chi connectivity index (χ1n) is 5.74. The monoisotopic (exact) mass is 209 g/mol. The number of thioether (sulfide) groups is 1. The van der Waals surface area contributed by atoms with E-state index in [9.17, 15) is 0 Å². The zero-order valence-corrected chi connectivity index (χ0v) is 10.2. The molecule has 14 heavy (non-hydrogen) atoms. The van der Waals surface area contributed by atoms with E-state index in [-0.39, 0.29) is 0 Å². The van der Waals surface area contributed by atoms with Crippen LogP contribution in [0.3, 0.4) is 0 Å². The minimum Gasteiger partial charge on any atom is -0.276 e. The van der Waals surface area contributed by atoms with Gasteiger partial charge in [0.2, 0.25) is 0 Å². The molecule has 0 N–H and O–H groups in total. The fraction of sp³-hybridized carbons (Fsp3) is 0.917. The van der Waals surface area contributed by atoms with Gasteiger partial charge in [-0.05, 0) is 36.3 Å². The van der Waals surface area contributed by atoms with Crippen molar-refractivity contribution in [2.75, 3.05) is 6.26 Å². The molecular weight excluding hydrogens is 190 g/mol. The highest BCUT2D eigenvalue weighted by Crippen LogP contribution is 2.70. The summed E-state index contributed by atoms with van der Waals surface area (Å²) in [6.45, 7) is 4.93. The molecule has 1 aliphatic heterocycles. The summed E-state index contributed by atoms with van der Waals surface area (Å²) in [7, 11) is 0. The Morgan fingerprint density at radius 3 is 2.86 bits per heavy atom. The van der Waals surface area contributed by atoms with E-state index in [4.69, 9.17) is 4.99 Å². The van der Waals surface area contributed by atoms with Crippen molar-refractivity contribution in [3.05, 3.63) is 0 Å². The standard InChI is InChI=1S/C12H19NS/c1-11(2)8-5-4-6-12(8)9(11)7-10(13-12)14-3/h8-9H,4-7H2,1-3H3/t8-,9-,12-/m1/s1. The number of hydrogen-bond acceptors (Lipinski definition) is 2. The zero-order valence-electron chi connectivity index (χ0n) is 9.34. The Labute approximate surface area is 90.8 Å². The summed E-state index contributed by atoms with van der Waals surface area (Å²) >= 11 is 1.87. The molecule has 0 amide bonds. The molecule has 2 fully saturated rings. The van der Waals surface area contributed by atoms with E-state index in [2.05, 4.69) is 20.1 Å². The van der Waals surface area contributed by atoms with Crippen molar-refractivity contribution >= 4 is 16.8 Å². The highest BCUT2D eigenvalue weighted by atomic mass is 32.2. The Morgan fingerprint density at radius 2 is 2.14 bits per heavy atom. The first kappa shape index (κ1) is 9.26. The molecule has 0 aromatic carbocycles. The van der Waals surface area contributed by atoms with Crippen LogP contribution in [0.5, 0.6) is 0 Å². The molecule has 0 aromatic heterocycles. The number of hydrogen-bond donors (Lipinski definition) is 0. The second-order valence-corrected chi connectivity index (χ2v) is 6.60. The molecule has 3 atom stereocenters. The normalized spacial score (nSPS) is 48.1. The number of nitrogens with zero attached hydrogens (tertiary/aromatic N) is 1. The van der Waals surface area contributed by atoms with Gasteiger partial charge in [0.25, 0.3) is 0 Å².